The van der Waals surface area contributed by atoms with Crippen molar-refractivity contribution >= 4 is 28.0 Å². The fourth-order valence-corrected chi connectivity index (χ4v) is 5.14. The topological polar surface area (TPSA) is 76.0 Å². The van der Waals surface area contributed by atoms with Crippen molar-refractivity contribution < 1.29 is 17.9 Å². The van der Waals surface area contributed by atoms with E-state index in [9.17, 15) is 13.2 Å². The summed E-state index contributed by atoms with van der Waals surface area (Å²) in [5, 5.41) is 0. The van der Waals surface area contributed by atoms with Crippen LogP contribution in [-0.2, 0) is 19.6 Å². The monoisotopic (exact) mass is 378 g/mol. The standard InChI is InChI=1S/C19H26N2O4S/c1-13(2)15-9-8-14(3)10-17(15)25-19(22)11-21-12-20-16-6-4-5-7-18(16)26(21,23)24/h4-7,12-15,17H,8-11H2,1-3H3/t14-,15+,17-/m1/s1. The van der Waals surface area contributed by atoms with Crippen LogP contribution in [-0.4, -0.2) is 37.7 Å². The van der Waals surface area contributed by atoms with Crippen LogP contribution in [0, 0.1) is 17.8 Å². The number of ether oxygens (including phenoxy) is 1. The minimum atomic E-state index is -3.78. The van der Waals surface area contributed by atoms with E-state index in [1.807, 2.05) is 0 Å². The number of aliphatic imine (C=N–C) groups is 1. The van der Waals surface area contributed by atoms with Crippen molar-refractivity contribution in [3.05, 3.63) is 24.3 Å². The highest BCUT2D eigenvalue weighted by molar-refractivity contribution is 7.89. The lowest BCUT2D eigenvalue weighted by Gasteiger charge is -2.37. The molecule has 1 aliphatic carbocycles. The molecule has 0 saturated heterocycles. The Bertz CT molecular complexity index is 804. The number of fused-ring (bicyclic) bond motifs is 1. The Morgan fingerprint density at radius 1 is 1.31 bits per heavy atom. The maximum atomic E-state index is 12.7. The van der Waals surface area contributed by atoms with Gasteiger partial charge < -0.3 is 4.74 Å². The summed E-state index contributed by atoms with van der Waals surface area (Å²) in [6, 6.07) is 6.50. The summed E-state index contributed by atoms with van der Waals surface area (Å²) in [6.07, 6.45) is 4.05. The molecule has 3 rings (SSSR count). The van der Waals surface area contributed by atoms with Crippen molar-refractivity contribution in [2.45, 2.75) is 51.0 Å². The zero-order chi connectivity index (χ0) is 18.9. The third-order valence-corrected chi connectivity index (χ3v) is 7.05. The molecule has 26 heavy (non-hydrogen) atoms. The molecule has 1 fully saturated rings. The molecule has 1 aromatic rings. The van der Waals surface area contributed by atoms with Crippen LogP contribution in [0.25, 0.3) is 0 Å². The molecule has 0 amide bonds. The van der Waals surface area contributed by atoms with E-state index in [4.69, 9.17) is 4.74 Å². The summed E-state index contributed by atoms with van der Waals surface area (Å²) in [5.41, 5.74) is 0.387. The predicted molar refractivity (Wildman–Crippen MR) is 99.7 cm³/mol. The second kappa shape index (κ2) is 7.39. The SMILES string of the molecule is CC(C)[C@@H]1CC[C@@H](C)C[C@H]1OC(=O)CN1C=Nc2ccccc2S1(=O)=O. The fourth-order valence-electron chi connectivity index (χ4n) is 3.81. The summed E-state index contributed by atoms with van der Waals surface area (Å²) in [6.45, 7) is 6.09. The molecule has 6 nitrogen and oxygen atoms in total. The average Bonchev–Trinajstić information content (AvgIpc) is 2.57. The molecule has 0 bridgehead atoms. The van der Waals surface area contributed by atoms with Crippen LogP contribution in [0.5, 0.6) is 0 Å². The van der Waals surface area contributed by atoms with E-state index in [-0.39, 0.29) is 17.5 Å². The van der Waals surface area contributed by atoms with Crippen LogP contribution in [0.1, 0.15) is 40.0 Å². The van der Waals surface area contributed by atoms with Crippen molar-refractivity contribution in [1.29, 1.82) is 0 Å². The molecule has 1 aromatic carbocycles. The molecule has 7 heteroatoms. The van der Waals surface area contributed by atoms with Crippen LogP contribution in [0.2, 0.25) is 0 Å². The number of hydrogen-bond acceptors (Lipinski definition) is 5. The Labute approximate surface area is 155 Å². The molecule has 0 unspecified atom stereocenters. The minimum absolute atomic E-state index is 0.113. The van der Waals surface area contributed by atoms with E-state index in [1.54, 1.807) is 18.2 Å². The highest BCUT2D eigenvalue weighted by Gasteiger charge is 2.35. The highest BCUT2D eigenvalue weighted by Crippen LogP contribution is 2.35. The molecule has 0 aromatic heterocycles. The first-order valence-electron chi connectivity index (χ1n) is 9.13. The van der Waals surface area contributed by atoms with Crippen LogP contribution in [0.3, 0.4) is 0 Å². The number of carbonyl (C=O) groups is 1. The maximum absolute atomic E-state index is 12.7. The summed E-state index contributed by atoms with van der Waals surface area (Å²) >= 11 is 0. The smallest absolute Gasteiger partial charge is 0.327 e. The van der Waals surface area contributed by atoms with Crippen molar-refractivity contribution in [2.24, 2.45) is 22.7 Å². The Morgan fingerprint density at radius 2 is 2.04 bits per heavy atom. The Hall–Kier alpha value is -1.89. The molecule has 142 valence electrons. The second-order valence-corrected chi connectivity index (χ2v) is 9.48. The Kier molecular flexibility index (Phi) is 5.37. The first kappa shape index (κ1) is 18.9. The first-order valence-corrected chi connectivity index (χ1v) is 10.6. The number of sulfonamides is 1. The van der Waals surface area contributed by atoms with Gasteiger partial charge >= 0.3 is 5.97 Å². The number of benzene rings is 1. The summed E-state index contributed by atoms with van der Waals surface area (Å²) < 4.78 is 32.0. The van der Waals surface area contributed by atoms with Crippen molar-refractivity contribution in [3.63, 3.8) is 0 Å². The molecule has 1 aliphatic heterocycles. The van der Waals surface area contributed by atoms with Crippen molar-refractivity contribution in [1.82, 2.24) is 4.31 Å². The molecule has 1 saturated carbocycles. The summed E-state index contributed by atoms with van der Waals surface area (Å²) in [4.78, 5) is 16.7. The van der Waals surface area contributed by atoms with Crippen LogP contribution >= 0.6 is 0 Å². The maximum Gasteiger partial charge on any atom is 0.327 e. The Morgan fingerprint density at radius 3 is 2.77 bits per heavy atom. The van der Waals surface area contributed by atoms with Gasteiger partial charge in [0, 0.05) is 0 Å². The highest BCUT2D eigenvalue weighted by atomic mass is 32.2. The van der Waals surface area contributed by atoms with Gasteiger partial charge in [0.05, 0.1) is 5.69 Å². The number of carbonyl (C=O) groups excluding carboxylic acids is 1. The largest absolute Gasteiger partial charge is 0.461 e. The molecule has 2 aliphatic rings. The molecule has 1 heterocycles. The van der Waals surface area contributed by atoms with Crippen LogP contribution in [0.15, 0.2) is 34.2 Å². The summed E-state index contributed by atoms with van der Waals surface area (Å²) in [5.74, 6) is 0.731. The van der Waals surface area contributed by atoms with E-state index in [0.717, 1.165) is 23.6 Å². The first-order chi connectivity index (χ1) is 12.3. The third kappa shape index (κ3) is 3.77. The van der Waals surface area contributed by atoms with Gasteiger partial charge in [-0.05, 0) is 42.7 Å². The molecule has 3 atom stereocenters. The third-order valence-electron chi connectivity index (χ3n) is 5.31. The van der Waals surface area contributed by atoms with Gasteiger partial charge in [-0.15, -0.1) is 0 Å². The van der Waals surface area contributed by atoms with E-state index in [1.165, 1.54) is 12.4 Å². The van der Waals surface area contributed by atoms with Crippen molar-refractivity contribution in [2.75, 3.05) is 6.54 Å². The van der Waals surface area contributed by atoms with E-state index in [0.29, 0.717) is 23.4 Å². The zero-order valence-corrected chi connectivity index (χ0v) is 16.3. The van der Waals surface area contributed by atoms with Gasteiger partial charge in [0.25, 0.3) is 10.0 Å². The Balaban J connectivity index is 1.70. The number of nitrogens with zero attached hydrogens (tertiary/aromatic N) is 2. The minimum Gasteiger partial charge on any atom is -0.461 e. The molecule has 0 spiro atoms. The molecule has 0 radical (unpaired) electrons. The van der Waals surface area contributed by atoms with Gasteiger partial charge in [0.2, 0.25) is 0 Å². The normalized spacial score (nSPS) is 27.2. The molecular weight excluding hydrogens is 352 g/mol. The number of para-hydroxylation sites is 1. The van der Waals surface area contributed by atoms with Gasteiger partial charge in [0.15, 0.2) is 0 Å². The lowest BCUT2D eigenvalue weighted by Crippen LogP contribution is -2.41. The quantitative estimate of drug-likeness (QED) is 0.753. The number of hydrogen-bond donors (Lipinski definition) is 0. The summed E-state index contributed by atoms with van der Waals surface area (Å²) in [7, 11) is -3.78. The predicted octanol–water partition coefficient (Wildman–Crippen LogP) is 3.35. The van der Waals surface area contributed by atoms with Gasteiger partial charge in [-0.3, -0.25) is 4.79 Å². The molecule has 0 N–H and O–H groups in total. The lowest BCUT2D eigenvalue weighted by atomic mass is 9.75. The van der Waals surface area contributed by atoms with E-state index < -0.39 is 16.0 Å². The van der Waals surface area contributed by atoms with Crippen LogP contribution in [0.4, 0.5) is 5.69 Å². The lowest BCUT2D eigenvalue weighted by molar-refractivity contribution is -0.155. The van der Waals surface area contributed by atoms with Gasteiger partial charge in [-0.25, -0.2) is 17.7 Å². The average molecular weight is 378 g/mol. The van der Waals surface area contributed by atoms with E-state index in [2.05, 4.69) is 25.8 Å². The van der Waals surface area contributed by atoms with Crippen LogP contribution < -0.4 is 0 Å². The van der Waals surface area contributed by atoms with E-state index >= 15 is 0 Å². The van der Waals surface area contributed by atoms with Gasteiger partial charge in [-0.1, -0.05) is 39.3 Å². The van der Waals surface area contributed by atoms with Crippen molar-refractivity contribution in [3.8, 4) is 0 Å². The second-order valence-electron chi connectivity index (χ2n) is 7.62. The van der Waals surface area contributed by atoms with Gasteiger partial charge in [0.1, 0.15) is 23.9 Å². The number of rotatable bonds is 4. The zero-order valence-electron chi connectivity index (χ0n) is 15.5. The number of esters is 1. The fraction of sp³-hybridized carbons (Fsp3) is 0.579. The van der Waals surface area contributed by atoms with Gasteiger partial charge in [-0.2, -0.15) is 0 Å². The molecular formula is C19H26N2O4S.